The molecule has 0 spiro atoms. The highest BCUT2D eigenvalue weighted by atomic mass is 16.6. The number of aromatic nitrogens is 2. The molecular weight excluding hydrogens is 380 g/mol. The number of ether oxygens (including phenoxy) is 1. The highest BCUT2D eigenvalue weighted by molar-refractivity contribution is 5.79. The Hall–Kier alpha value is -3.03. The number of aliphatic imine (C=N–C) groups is 1. The highest BCUT2D eigenvalue weighted by Crippen LogP contribution is 2.16. The minimum Gasteiger partial charge on any atom is -0.444 e. The maximum absolute atomic E-state index is 12.0. The summed E-state index contributed by atoms with van der Waals surface area (Å²) in [5.74, 6) is 0.663. The monoisotopic (exact) mass is 414 g/mol. The number of rotatable bonds is 6. The van der Waals surface area contributed by atoms with E-state index in [9.17, 15) is 4.79 Å². The number of likely N-dealkylation sites (N-methyl/N-ethyl adjacent to an activating group) is 1. The Morgan fingerprint density at radius 3 is 2.53 bits per heavy atom. The van der Waals surface area contributed by atoms with Crippen LogP contribution >= 0.6 is 0 Å². The zero-order chi connectivity index (χ0) is 22.3. The van der Waals surface area contributed by atoms with E-state index in [1.165, 1.54) is 0 Å². The molecule has 2 aromatic rings. The van der Waals surface area contributed by atoms with Crippen LogP contribution in [0.2, 0.25) is 0 Å². The van der Waals surface area contributed by atoms with Crippen molar-refractivity contribution in [1.82, 2.24) is 25.3 Å². The molecule has 8 heteroatoms. The molecule has 0 bridgehead atoms. The van der Waals surface area contributed by atoms with Gasteiger partial charge in [-0.2, -0.15) is 5.10 Å². The second-order valence-corrected chi connectivity index (χ2v) is 8.22. The number of para-hydroxylation sites is 1. The minimum atomic E-state index is -0.505. The van der Waals surface area contributed by atoms with Crippen LogP contribution in [0.4, 0.5) is 4.79 Å². The third-order valence-corrected chi connectivity index (χ3v) is 4.34. The lowest BCUT2D eigenvalue weighted by molar-refractivity contribution is 0.0302. The Morgan fingerprint density at radius 2 is 1.93 bits per heavy atom. The molecule has 1 amide bonds. The van der Waals surface area contributed by atoms with Crippen molar-refractivity contribution in [1.29, 1.82) is 0 Å². The standard InChI is InChI=1S/C22H34N6O2/c1-16-14-17(2)28(26-16)19-11-9-8-10-18(19)15-25-20(23-6)24-12-13-27(7)21(29)30-22(3,4)5/h8-11,14H,12-13,15H2,1-7H3,(H2,23,24,25). The zero-order valence-corrected chi connectivity index (χ0v) is 19.1. The van der Waals surface area contributed by atoms with E-state index in [2.05, 4.69) is 38.9 Å². The summed E-state index contributed by atoms with van der Waals surface area (Å²) in [6, 6.07) is 10.2. The molecule has 1 aromatic carbocycles. The van der Waals surface area contributed by atoms with Gasteiger partial charge in [-0.3, -0.25) is 4.99 Å². The van der Waals surface area contributed by atoms with Crippen molar-refractivity contribution >= 4 is 12.1 Å². The van der Waals surface area contributed by atoms with Crippen LogP contribution in [0.1, 0.15) is 37.7 Å². The number of amides is 1. The van der Waals surface area contributed by atoms with Crippen molar-refractivity contribution < 1.29 is 9.53 Å². The quantitative estimate of drug-likeness (QED) is 0.561. The molecule has 0 aliphatic carbocycles. The second kappa shape index (κ2) is 10.1. The van der Waals surface area contributed by atoms with Gasteiger partial charge in [0, 0.05) is 39.4 Å². The molecule has 0 aliphatic heterocycles. The molecule has 1 heterocycles. The summed E-state index contributed by atoms with van der Waals surface area (Å²) < 4.78 is 7.32. The summed E-state index contributed by atoms with van der Waals surface area (Å²) in [7, 11) is 3.44. The number of aryl methyl sites for hydroxylation is 2. The third kappa shape index (κ3) is 6.79. The van der Waals surface area contributed by atoms with Crippen LogP contribution in [0, 0.1) is 13.8 Å². The van der Waals surface area contributed by atoms with Gasteiger partial charge in [0.25, 0.3) is 0 Å². The molecule has 30 heavy (non-hydrogen) atoms. The predicted molar refractivity (Wildman–Crippen MR) is 120 cm³/mol. The normalized spacial score (nSPS) is 11.9. The topological polar surface area (TPSA) is 83.8 Å². The molecule has 2 N–H and O–H groups in total. The fourth-order valence-electron chi connectivity index (χ4n) is 2.91. The molecule has 164 valence electrons. The number of carbonyl (C=O) groups is 1. The number of benzene rings is 1. The number of carbonyl (C=O) groups excluding carboxylic acids is 1. The molecular formula is C22H34N6O2. The van der Waals surface area contributed by atoms with Crippen molar-refractivity contribution in [3.63, 3.8) is 0 Å². The largest absolute Gasteiger partial charge is 0.444 e. The van der Waals surface area contributed by atoms with Crippen LogP contribution in [-0.4, -0.2) is 59.5 Å². The third-order valence-electron chi connectivity index (χ3n) is 4.34. The van der Waals surface area contributed by atoms with E-state index in [1.54, 1.807) is 19.0 Å². The van der Waals surface area contributed by atoms with E-state index < -0.39 is 5.60 Å². The van der Waals surface area contributed by atoms with Gasteiger partial charge in [-0.05, 0) is 52.3 Å². The molecule has 2 rings (SSSR count). The molecule has 8 nitrogen and oxygen atoms in total. The first-order chi connectivity index (χ1) is 14.1. The van der Waals surface area contributed by atoms with E-state index >= 15 is 0 Å². The zero-order valence-electron chi connectivity index (χ0n) is 19.1. The van der Waals surface area contributed by atoms with Gasteiger partial charge < -0.3 is 20.3 Å². The molecule has 1 aromatic heterocycles. The predicted octanol–water partition coefficient (Wildman–Crippen LogP) is 3.02. The lowest BCUT2D eigenvalue weighted by atomic mass is 10.1. The first-order valence-electron chi connectivity index (χ1n) is 10.1. The summed E-state index contributed by atoms with van der Waals surface area (Å²) in [4.78, 5) is 17.8. The molecule has 0 unspecified atom stereocenters. The van der Waals surface area contributed by atoms with Crippen molar-refractivity contribution in [2.45, 2.75) is 46.8 Å². The maximum atomic E-state index is 12.0. The summed E-state index contributed by atoms with van der Waals surface area (Å²) in [5, 5.41) is 11.1. The van der Waals surface area contributed by atoms with Gasteiger partial charge in [0.1, 0.15) is 5.60 Å². The Labute approximate surface area is 179 Å². The summed E-state index contributed by atoms with van der Waals surface area (Å²) in [6.07, 6.45) is -0.342. The second-order valence-electron chi connectivity index (χ2n) is 8.22. The average Bonchev–Trinajstić information content (AvgIpc) is 3.01. The molecule has 0 saturated carbocycles. The first kappa shape index (κ1) is 23.3. The van der Waals surface area contributed by atoms with E-state index in [4.69, 9.17) is 4.74 Å². The van der Waals surface area contributed by atoms with Crippen LogP contribution in [0.5, 0.6) is 0 Å². The number of hydrogen-bond donors (Lipinski definition) is 2. The van der Waals surface area contributed by atoms with Crippen molar-refractivity contribution in [3.8, 4) is 5.69 Å². The van der Waals surface area contributed by atoms with Crippen LogP contribution in [0.15, 0.2) is 35.3 Å². The van der Waals surface area contributed by atoms with Gasteiger partial charge in [0.15, 0.2) is 5.96 Å². The summed E-state index contributed by atoms with van der Waals surface area (Å²) in [5.41, 5.74) is 3.72. The molecule has 0 saturated heterocycles. The summed E-state index contributed by atoms with van der Waals surface area (Å²) >= 11 is 0. The van der Waals surface area contributed by atoms with E-state index in [0.29, 0.717) is 25.6 Å². The smallest absolute Gasteiger partial charge is 0.410 e. The van der Waals surface area contributed by atoms with E-state index in [-0.39, 0.29) is 6.09 Å². The lowest BCUT2D eigenvalue weighted by Gasteiger charge is -2.25. The Balaban J connectivity index is 1.91. The fourth-order valence-corrected chi connectivity index (χ4v) is 2.91. The molecule has 0 atom stereocenters. The molecule has 0 fully saturated rings. The lowest BCUT2D eigenvalue weighted by Crippen LogP contribution is -2.42. The number of nitrogens with one attached hydrogen (secondary N) is 2. The summed E-state index contributed by atoms with van der Waals surface area (Å²) in [6.45, 7) is 11.2. The number of nitrogens with zero attached hydrogens (tertiary/aromatic N) is 4. The van der Waals surface area contributed by atoms with Gasteiger partial charge in [0.2, 0.25) is 0 Å². The number of hydrogen-bond acceptors (Lipinski definition) is 4. The van der Waals surface area contributed by atoms with Crippen molar-refractivity contribution in [2.75, 3.05) is 27.2 Å². The van der Waals surface area contributed by atoms with Gasteiger partial charge >= 0.3 is 6.09 Å². The fraction of sp³-hybridized carbons (Fsp3) is 0.500. The first-order valence-corrected chi connectivity index (χ1v) is 10.1. The van der Waals surface area contributed by atoms with Gasteiger partial charge in [-0.15, -0.1) is 0 Å². The van der Waals surface area contributed by atoms with Gasteiger partial charge in [0.05, 0.1) is 11.4 Å². The Bertz CT molecular complexity index is 882. The van der Waals surface area contributed by atoms with Crippen molar-refractivity contribution in [2.24, 2.45) is 4.99 Å². The van der Waals surface area contributed by atoms with Gasteiger partial charge in [-0.1, -0.05) is 18.2 Å². The van der Waals surface area contributed by atoms with Crippen molar-refractivity contribution in [3.05, 3.63) is 47.3 Å². The van der Waals surface area contributed by atoms with E-state index in [1.807, 2.05) is 51.4 Å². The van der Waals surface area contributed by atoms with Crippen LogP contribution < -0.4 is 10.6 Å². The maximum Gasteiger partial charge on any atom is 0.410 e. The molecule has 0 radical (unpaired) electrons. The van der Waals surface area contributed by atoms with Gasteiger partial charge in [-0.25, -0.2) is 9.48 Å². The SMILES string of the molecule is CN=C(NCCN(C)C(=O)OC(C)(C)C)NCc1ccccc1-n1nc(C)cc1C. The Morgan fingerprint density at radius 1 is 1.23 bits per heavy atom. The number of guanidine groups is 1. The van der Waals surface area contributed by atoms with E-state index in [0.717, 1.165) is 22.6 Å². The van der Waals surface area contributed by atoms with Crippen LogP contribution in [0.25, 0.3) is 5.69 Å². The molecule has 0 aliphatic rings. The average molecular weight is 415 g/mol. The van der Waals surface area contributed by atoms with Crippen LogP contribution in [0.3, 0.4) is 0 Å². The van der Waals surface area contributed by atoms with Crippen LogP contribution in [-0.2, 0) is 11.3 Å². The Kier molecular flexibility index (Phi) is 7.86. The minimum absolute atomic E-state index is 0.342. The highest BCUT2D eigenvalue weighted by Gasteiger charge is 2.19.